The van der Waals surface area contributed by atoms with E-state index in [2.05, 4.69) is 0 Å². The highest BCUT2D eigenvalue weighted by Crippen LogP contribution is 2.26. The smallest absolute Gasteiger partial charge is 0.298 e. The van der Waals surface area contributed by atoms with Crippen molar-refractivity contribution >= 4 is 12.5 Å². The maximum Gasteiger partial charge on any atom is 0.298 e. The molecule has 3 heteroatoms. The predicted octanol–water partition coefficient (Wildman–Crippen LogP) is 3.04. The second-order valence-corrected chi connectivity index (χ2v) is 3.58. The average Bonchev–Trinajstić information content (AvgIpc) is 2.22. The summed E-state index contributed by atoms with van der Waals surface area (Å²) >= 11 is 0. The zero-order valence-corrected chi connectivity index (χ0v) is 9.77. The lowest BCUT2D eigenvalue weighted by Crippen LogP contribution is -2.06. The Labute approximate surface area is 95.7 Å². The quantitative estimate of drug-likeness (QED) is 0.715. The molecule has 0 aromatic heterocycles. The molecule has 1 aromatic rings. The van der Waals surface area contributed by atoms with Crippen LogP contribution in [0.3, 0.4) is 0 Å². The molecule has 1 rings (SSSR count). The van der Waals surface area contributed by atoms with E-state index in [1.807, 2.05) is 32.9 Å². The van der Waals surface area contributed by atoms with Gasteiger partial charge in [-0.3, -0.25) is 4.79 Å². The molecular formula is C13H16O3. The Hall–Kier alpha value is -1.77. The van der Waals surface area contributed by atoms with Crippen LogP contribution in [0.1, 0.15) is 26.3 Å². The summed E-state index contributed by atoms with van der Waals surface area (Å²) < 4.78 is 10.4. The van der Waals surface area contributed by atoms with Crippen LogP contribution in [0.2, 0.25) is 0 Å². The van der Waals surface area contributed by atoms with Gasteiger partial charge in [0, 0.05) is 5.56 Å². The highest BCUT2D eigenvalue weighted by atomic mass is 16.5. The zero-order valence-electron chi connectivity index (χ0n) is 9.77. The lowest BCUT2D eigenvalue weighted by Gasteiger charge is -2.13. The first-order valence-corrected chi connectivity index (χ1v) is 5.21. The van der Waals surface area contributed by atoms with Gasteiger partial charge in [0.1, 0.15) is 11.5 Å². The molecule has 0 saturated heterocycles. The van der Waals surface area contributed by atoms with E-state index >= 15 is 0 Å². The Morgan fingerprint density at radius 2 is 2.06 bits per heavy atom. The van der Waals surface area contributed by atoms with Crippen molar-refractivity contribution in [2.75, 3.05) is 0 Å². The number of benzene rings is 1. The highest BCUT2D eigenvalue weighted by molar-refractivity contribution is 5.60. The van der Waals surface area contributed by atoms with Crippen LogP contribution in [0.25, 0.3) is 6.08 Å². The van der Waals surface area contributed by atoms with Crippen molar-refractivity contribution in [1.82, 2.24) is 0 Å². The molecule has 0 unspecified atom stereocenters. The maximum absolute atomic E-state index is 10.2. The number of allylic oxidation sites excluding steroid dienone is 1. The van der Waals surface area contributed by atoms with E-state index in [4.69, 9.17) is 9.47 Å². The van der Waals surface area contributed by atoms with E-state index in [1.54, 1.807) is 18.2 Å². The molecule has 86 valence electrons. The Morgan fingerprint density at radius 3 is 2.62 bits per heavy atom. The molecular weight excluding hydrogens is 204 g/mol. The zero-order chi connectivity index (χ0) is 12.0. The van der Waals surface area contributed by atoms with Gasteiger partial charge in [-0.1, -0.05) is 12.2 Å². The molecule has 1 aromatic carbocycles. The summed E-state index contributed by atoms with van der Waals surface area (Å²) in [6, 6.07) is 5.28. The number of rotatable bonds is 5. The van der Waals surface area contributed by atoms with Gasteiger partial charge >= 0.3 is 0 Å². The second-order valence-electron chi connectivity index (χ2n) is 3.58. The Bertz CT molecular complexity index is 381. The molecule has 0 aliphatic rings. The van der Waals surface area contributed by atoms with Crippen molar-refractivity contribution in [3.05, 3.63) is 29.8 Å². The van der Waals surface area contributed by atoms with Gasteiger partial charge < -0.3 is 9.47 Å². The Balaban J connectivity index is 3.03. The second kappa shape index (κ2) is 5.95. The average molecular weight is 220 g/mol. The van der Waals surface area contributed by atoms with Crippen molar-refractivity contribution < 1.29 is 14.3 Å². The molecule has 0 heterocycles. The minimum atomic E-state index is 0.113. The minimum absolute atomic E-state index is 0.113. The van der Waals surface area contributed by atoms with E-state index in [9.17, 15) is 4.79 Å². The lowest BCUT2D eigenvalue weighted by atomic mass is 10.1. The van der Waals surface area contributed by atoms with Crippen molar-refractivity contribution in [2.45, 2.75) is 26.9 Å². The van der Waals surface area contributed by atoms with Gasteiger partial charge in [0.2, 0.25) is 0 Å². The summed E-state index contributed by atoms with van der Waals surface area (Å²) in [5.74, 6) is 1.30. The summed E-state index contributed by atoms with van der Waals surface area (Å²) in [7, 11) is 0. The number of ether oxygens (including phenoxy) is 2. The van der Waals surface area contributed by atoms with Gasteiger partial charge in [0.05, 0.1) is 6.10 Å². The van der Waals surface area contributed by atoms with E-state index in [-0.39, 0.29) is 6.10 Å². The third kappa shape index (κ3) is 3.42. The summed E-state index contributed by atoms with van der Waals surface area (Å²) in [5.41, 5.74) is 0.899. The van der Waals surface area contributed by atoms with Gasteiger partial charge in [0.25, 0.3) is 6.47 Å². The lowest BCUT2D eigenvalue weighted by molar-refractivity contribution is -0.120. The molecule has 0 spiro atoms. The highest BCUT2D eigenvalue weighted by Gasteiger charge is 2.05. The molecule has 3 nitrogen and oxygen atoms in total. The fraction of sp³-hybridized carbons (Fsp3) is 0.308. The van der Waals surface area contributed by atoms with E-state index in [0.717, 1.165) is 11.3 Å². The van der Waals surface area contributed by atoms with Gasteiger partial charge in [0.15, 0.2) is 0 Å². The summed E-state index contributed by atoms with van der Waals surface area (Å²) in [5, 5.41) is 0. The number of hydrogen-bond acceptors (Lipinski definition) is 3. The van der Waals surface area contributed by atoms with Gasteiger partial charge in [-0.05, 0) is 39.0 Å². The van der Waals surface area contributed by atoms with Crippen LogP contribution < -0.4 is 9.47 Å². The Kier molecular flexibility index (Phi) is 4.58. The largest absolute Gasteiger partial charge is 0.490 e. The van der Waals surface area contributed by atoms with Crippen LogP contribution in [0, 0.1) is 0 Å². The molecule has 0 atom stereocenters. The molecule has 0 aliphatic carbocycles. The summed E-state index contributed by atoms with van der Waals surface area (Å²) in [4.78, 5) is 10.2. The van der Waals surface area contributed by atoms with Crippen LogP contribution in [0.4, 0.5) is 0 Å². The molecule has 0 amide bonds. The number of carbonyl (C=O) groups excluding carboxylic acids is 1. The van der Waals surface area contributed by atoms with Gasteiger partial charge in [-0.15, -0.1) is 0 Å². The van der Waals surface area contributed by atoms with Crippen LogP contribution in [-0.2, 0) is 4.79 Å². The first-order chi connectivity index (χ1) is 7.67. The standard InChI is InChI=1S/C13H16O3/c1-4-5-11-8-12(15-9-14)6-7-13(11)16-10(2)3/h4-10H,1-3H3/b5-4+. The van der Waals surface area contributed by atoms with Gasteiger partial charge in [-0.2, -0.15) is 0 Å². The fourth-order valence-corrected chi connectivity index (χ4v) is 1.33. The monoisotopic (exact) mass is 220 g/mol. The van der Waals surface area contributed by atoms with Crippen LogP contribution in [0.5, 0.6) is 11.5 Å². The van der Waals surface area contributed by atoms with Crippen molar-refractivity contribution in [3.63, 3.8) is 0 Å². The Morgan fingerprint density at radius 1 is 1.31 bits per heavy atom. The normalized spacial score (nSPS) is 10.8. The van der Waals surface area contributed by atoms with Crippen molar-refractivity contribution in [1.29, 1.82) is 0 Å². The van der Waals surface area contributed by atoms with Crippen LogP contribution in [-0.4, -0.2) is 12.6 Å². The van der Waals surface area contributed by atoms with E-state index in [1.165, 1.54) is 0 Å². The van der Waals surface area contributed by atoms with Gasteiger partial charge in [-0.25, -0.2) is 0 Å². The third-order valence-corrected chi connectivity index (χ3v) is 1.87. The maximum atomic E-state index is 10.2. The molecule has 16 heavy (non-hydrogen) atoms. The molecule has 0 N–H and O–H groups in total. The van der Waals surface area contributed by atoms with Crippen molar-refractivity contribution in [3.8, 4) is 11.5 Å². The third-order valence-electron chi connectivity index (χ3n) is 1.87. The first-order valence-electron chi connectivity index (χ1n) is 5.21. The molecule has 0 aliphatic heterocycles. The van der Waals surface area contributed by atoms with Crippen LogP contribution >= 0.6 is 0 Å². The number of carbonyl (C=O) groups is 1. The SMILES string of the molecule is C/C=C/c1cc(OC=O)ccc1OC(C)C. The summed E-state index contributed by atoms with van der Waals surface area (Å²) in [6.45, 7) is 6.27. The number of hydrogen-bond donors (Lipinski definition) is 0. The van der Waals surface area contributed by atoms with E-state index < -0.39 is 0 Å². The topological polar surface area (TPSA) is 35.5 Å². The van der Waals surface area contributed by atoms with Crippen LogP contribution in [0.15, 0.2) is 24.3 Å². The molecule has 0 radical (unpaired) electrons. The fourth-order valence-electron chi connectivity index (χ4n) is 1.33. The molecule has 0 bridgehead atoms. The van der Waals surface area contributed by atoms with Crippen molar-refractivity contribution in [2.24, 2.45) is 0 Å². The predicted molar refractivity (Wildman–Crippen MR) is 63.6 cm³/mol. The first kappa shape index (κ1) is 12.3. The minimum Gasteiger partial charge on any atom is -0.490 e. The molecule has 0 fully saturated rings. The van der Waals surface area contributed by atoms with E-state index in [0.29, 0.717) is 12.2 Å². The summed E-state index contributed by atoms with van der Waals surface area (Å²) in [6.07, 6.45) is 3.93. The molecule has 0 saturated carbocycles.